The molecule has 0 aliphatic carbocycles. The van der Waals surface area contributed by atoms with Crippen molar-refractivity contribution >= 4 is 17.8 Å². The Morgan fingerprint density at radius 1 is 1.02 bits per heavy atom. The van der Waals surface area contributed by atoms with E-state index in [4.69, 9.17) is 14.2 Å². The van der Waals surface area contributed by atoms with E-state index in [2.05, 4.69) is 21.9 Å². The first-order valence-electron chi connectivity index (χ1n) is 15.8. The first kappa shape index (κ1) is 29.5. The van der Waals surface area contributed by atoms with Crippen molar-refractivity contribution in [2.45, 2.75) is 70.7 Å². The molecule has 0 radical (unpaired) electrons. The summed E-state index contributed by atoms with van der Waals surface area (Å²) < 4.78 is 17.9. The van der Waals surface area contributed by atoms with Gasteiger partial charge in [0.2, 0.25) is 6.79 Å². The van der Waals surface area contributed by atoms with Crippen LogP contribution in [0.2, 0.25) is 0 Å². The van der Waals surface area contributed by atoms with Gasteiger partial charge in [0.25, 0.3) is 11.8 Å². The second kappa shape index (κ2) is 10.3. The van der Waals surface area contributed by atoms with Crippen molar-refractivity contribution in [1.29, 1.82) is 5.26 Å². The van der Waals surface area contributed by atoms with Crippen LogP contribution in [0.15, 0.2) is 30.3 Å². The summed E-state index contributed by atoms with van der Waals surface area (Å²) in [4.78, 5) is 45.6. The zero-order chi connectivity index (χ0) is 33.0. The normalized spacial score (nSPS) is 25.5. The van der Waals surface area contributed by atoms with Crippen molar-refractivity contribution in [2.75, 3.05) is 20.4 Å². The Kier molecular flexibility index (Phi) is 6.45. The number of likely N-dealkylation sites (N-methyl/N-ethyl adjacent to an activating group) is 1. The van der Waals surface area contributed by atoms with E-state index in [9.17, 15) is 24.8 Å². The number of fused-ring (bicyclic) bond motifs is 10. The third-order valence-corrected chi connectivity index (χ3v) is 10.9. The molecule has 1 saturated heterocycles. The number of carbonyl (C=O) groups is 3. The molecule has 0 spiro atoms. The number of phenols is 1. The minimum absolute atomic E-state index is 0.0507. The van der Waals surface area contributed by atoms with Crippen LogP contribution in [0.3, 0.4) is 0 Å². The number of ether oxygens (including phenoxy) is 3. The number of rotatable bonds is 3. The molecule has 240 valence electrons. The maximum absolute atomic E-state index is 13.8. The van der Waals surface area contributed by atoms with Gasteiger partial charge in [-0.15, -0.1) is 0 Å². The van der Waals surface area contributed by atoms with Crippen molar-refractivity contribution in [3.8, 4) is 29.1 Å². The highest BCUT2D eigenvalue weighted by Crippen LogP contribution is 2.58. The zero-order valence-electron chi connectivity index (χ0n) is 26.8. The van der Waals surface area contributed by atoms with Crippen LogP contribution < -0.4 is 14.2 Å². The van der Waals surface area contributed by atoms with Gasteiger partial charge in [-0.25, -0.2) is 0 Å². The third kappa shape index (κ3) is 3.95. The molecule has 5 atom stereocenters. The second-order valence-corrected chi connectivity index (χ2v) is 13.2. The highest BCUT2D eigenvalue weighted by Gasteiger charge is 2.57. The summed E-state index contributed by atoms with van der Waals surface area (Å²) in [6.45, 7) is 6.91. The van der Waals surface area contributed by atoms with Crippen LogP contribution in [-0.2, 0) is 17.6 Å². The van der Waals surface area contributed by atoms with Crippen LogP contribution in [-0.4, -0.2) is 76.1 Å². The summed E-state index contributed by atoms with van der Waals surface area (Å²) in [5.41, 5.74) is 6.19. The largest absolute Gasteiger partial charge is 0.507 e. The molecule has 2 amide bonds. The second-order valence-electron chi connectivity index (χ2n) is 13.2. The average molecular weight is 635 g/mol. The summed E-state index contributed by atoms with van der Waals surface area (Å²) >= 11 is 0. The van der Waals surface area contributed by atoms with Gasteiger partial charge in [0.1, 0.15) is 17.5 Å². The molecule has 1 N–H and O–H groups in total. The van der Waals surface area contributed by atoms with E-state index in [1.807, 2.05) is 27.8 Å². The summed E-state index contributed by atoms with van der Waals surface area (Å²) in [5, 5.41) is 22.6. The van der Waals surface area contributed by atoms with Crippen molar-refractivity contribution < 1.29 is 33.7 Å². The minimum Gasteiger partial charge on any atom is -0.507 e. The molecule has 8 rings (SSSR count). The van der Waals surface area contributed by atoms with Crippen LogP contribution in [0.25, 0.3) is 0 Å². The Labute approximate surface area is 271 Å². The summed E-state index contributed by atoms with van der Waals surface area (Å²) in [6, 6.07) is 9.09. The number of aromatic hydroxyl groups is 1. The van der Waals surface area contributed by atoms with Gasteiger partial charge in [0.15, 0.2) is 11.5 Å². The molecular weight excluding hydrogens is 600 g/mol. The molecule has 3 aromatic rings. The maximum Gasteiger partial charge on any atom is 0.308 e. The lowest BCUT2D eigenvalue weighted by Crippen LogP contribution is -2.69. The summed E-state index contributed by atoms with van der Waals surface area (Å²) in [5.74, 6) is 0.153. The predicted molar refractivity (Wildman–Crippen MR) is 167 cm³/mol. The smallest absolute Gasteiger partial charge is 0.308 e. The van der Waals surface area contributed by atoms with Gasteiger partial charge in [-0.05, 0) is 69.5 Å². The number of nitriles is 1. The molecule has 0 saturated carbocycles. The van der Waals surface area contributed by atoms with E-state index in [0.29, 0.717) is 57.9 Å². The van der Waals surface area contributed by atoms with Crippen molar-refractivity contribution in [2.24, 2.45) is 0 Å². The highest BCUT2D eigenvalue weighted by atomic mass is 16.7. The molecule has 1 fully saturated rings. The van der Waals surface area contributed by atoms with Gasteiger partial charge < -0.3 is 19.3 Å². The van der Waals surface area contributed by atoms with Gasteiger partial charge in [-0.3, -0.25) is 29.1 Å². The molecule has 5 heterocycles. The number of phenolic OH excluding ortho intramolecular Hbond substituents is 1. The zero-order valence-corrected chi connectivity index (χ0v) is 26.8. The Morgan fingerprint density at radius 3 is 2.36 bits per heavy atom. The monoisotopic (exact) mass is 634 g/mol. The van der Waals surface area contributed by atoms with E-state index in [-0.39, 0.29) is 31.2 Å². The number of esters is 1. The molecular formula is C36H34N4O7. The lowest BCUT2D eigenvalue weighted by Gasteiger charge is -2.60. The number of aryl methyl sites for hydroxylation is 1. The van der Waals surface area contributed by atoms with Crippen LogP contribution in [0.1, 0.15) is 78.7 Å². The molecule has 5 aliphatic rings. The number of hydrogen-bond acceptors (Lipinski definition) is 10. The van der Waals surface area contributed by atoms with Gasteiger partial charge in [-0.1, -0.05) is 18.2 Å². The van der Waals surface area contributed by atoms with E-state index < -0.39 is 35.9 Å². The Hall–Kier alpha value is -4.92. The van der Waals surface area contributed by atoms with Crippen molar-refractivity contribution in [3.63, 3.8) is 0 Å². The molecule has 0 aromatic heterocycles. The number of nitrogens with zero attached hydrogens (tertiary/aromatic N) is 4. The number of hydrogen-bond donors (Lipinski definition) is 1. The molecule has 5 aliphatic heterocycles. The molecule has 2 bridgehead atoms. The first-order chi connectivity index (χ1) is 22.5. The van der Waals surface area contributed by atoms with Gasteiger partial charge in [0.05, 0.1) is 29.3 Å². The lowest BCUT2D eigenvalue weighted by atomic mass is 9.71. The van der Waals surface area contributed by atoms with Crippen LogP contribution in [0.5, 0.6) is 23.0 Å². The Bertz CT molecular complexity index is 1950. The molecule has 47 heavy (non-hydrogen) atoms. The molecule has 11 heteroatoms. The molecule has 1 unspecified atom stereocenters. The number of amides is 2. The Balaban J connectivity index is 1.38. The number of piperazine rings is 1. The fraction of sp³-hybridized carbons (Fsp3) is 0.389. The third-order valence-electron chi connectivity index (χ3n) is 10.9. The Morgan fingerprint density at radius 2 is 1.70 bits per heavy atom. The quantitative estimate of drug-likeness (QED) is 0.256. The minimum atomic E-state index is -0.713. The van der Waals surface area contributed by atoms with E-state index >= 15 is 0 Å². The fourth-order valence-electron chi connectivity index (χ4n) is 8.73. The summed E-state index contributed by atoms with van der Waals surface area (Å²) in [7, 11) is 1.99. The predicted octanol–water partition coefficient (Wildman–Crippen LogP) is 4.04. The maximum atomic E-state index is 13.8. The van der Waals surface area contributed by atoms with Crippen LogP contribution >= 0.6 is 0 Å². The van der Waals surface area contributed by atoms with Crippen LogP contribution in [0.4, 0.5) is 0 Å². The van der Waals surface area contributed by atoms with Crippen LogP contribution in [0, 0.1) is 32.1 Å². The first-order valence-corrected chi connectivity index (χ1v) is 15.8. The van der Waals surface area contributed by atoms with Gasteiger partial charge in [0, 0.05) is 47.8 Å². The number of benzene rings is 3. The number of imide groups is 1. The fourth-order valence-corrected chi connectivity index (χ4v) is 8.73. The molecule has 3 aromatic carbocycles. The van der Waals surface area contributed by atoms with E-state index in [1.165, 1.54) is 11.8 Å². The van der Waals surface area contributed by atoms with E-state index in [1.54, 1.807) is 24.3 Å². The van der Waals surface area contributed by atoms with Gasteiger partial charge in [-0.2, -0.15) is 5.26 Å². The van der Waals surface area contributed by atoms with Crippen molar-refractivity contribution in [1.82, 2.24) is 14.7 Å². The SMILES string of the molecule is CC(=O)Oc1c(C)c2c(c3c1CC1[C@H]4c5c(cc(C)c(C)c5O)C[C@@H]([C@H](C#N)N1[C@H]3CN1C(=O)c3ccccc3C1=O)N4C)OCO2. The lowest BCUT2D eigenvalue weighted by molar-refractivity contribution is -0.132. The average Bonchev–Trinajstić information content (AvgIpc) is 3.62. The summed E-state index contributed by atoms with van der Waals surface area (Å²) in [6.07, 6.45) is 0.884. The standard InChI is InChI=1S/C36H34N4O7/c1-16-10-20-11-24-26(13-37)40-25(30(38(24)5)28(20)31(42)17(16)2)12-23-29(34-33(45-15-46-34)18(3)32(23)47-19(4)41)27(40)14-39-35(43)21-8-6-7-9-22(21)36(39)44/h6-10,24-27,30,42H,11-12,14-15H2,1-5H3/t24-,25?,26-,27-,30-/m0/s1. The highest BCUT2D eigenvalue weighted by molar-refractivity contribution is 6.21. The van der Waals surface area contributed by atoms with E-state index in [0.717, 1.165) is 22.3 Å². The number of carbonyl (C=O) groups excluding carboxylic acids is 3. The van der Waals surface area contributed by atoms with Gasteiger partial charge >= 0.3 is 5.97 Å². The molecule has 11 nitrogen and oxygen atoms in total. The van der Waals surface area contributed by atoms with Crippen molar-refractivity contribution in [3.05, 3.63) is 80.4 Å². The topological polar surface area (TPSA) is 133 Å².